The number of carboxylic acids is 1. The zero-order valence-electron chi connectivity index (χ0n) is 16.1. The van der Waals surface area contributed by atoms with Gasteiger partial charge in [0.2, 0.25) is 0 Å². The van der Waals surface area contributed by atoms with E-state index in [-0.39, 0.29) is 11.3 Å². The maximum absolute atomic E-state index is 13.4. The molecule has 6 nitrogen and oxygen atoms in total. The summed E-state index contributed by atoms with van der Waals surface area (Å²) < 4.78 is 0. The first-order valence-electron chi connectivity index (χ1n) is 10.4. The highest BCUT2D eigenvalue weighted by Crippen LogP contribution is 2.42. The van der Waals surface area contributed by atoms with Gasteiger partial charge in [-0.15, -0.1) is 0 Å². The van der Waals surface area contributed by atoms with E-state index < -0.39 is 12.0 Å². The number of benzene rings is 1. The third-order valence-corrected chi connectivity index (χ3v) is 7.06. The Morgan fingerprint density at radius 1 is 1.14 bits per heavy atom. The molecule has 1 aromatic heterocycles. The molecule has 0 unspecified atom stereocenters. The highest BCUT2D eigenvalue weighted by molar-refractivity contribution is 6.01. The van der Waals surface area contributed by atoms with Crippen LogP contribution in [0.25, 0.3) is 10.9 Å². The lowest BCUT2D eigenvalue weighted by Gasteiger charge is -2.33. The normalized spacial score (nSPS) is 23.9. The second-order valence-corrected chi connectivity index (χ2v) is 8.79. The molecule has 0 saturated carbocycles. The van der Waals surface area contributed by atoms with Crippen molar-refractivity contribution in [2.45, 2.75) is 51.0 Å². The molecule has 28 heavy (non-hydrogen) atoms. The molecule has 1 spiro atoms. The molecule has 1 aromatic carbocycles. The number of likely N-dealkylation sites (tertiary alicyclic amines) is 1. The van der Waals surface area contributed by atoms with Crippen molar-refractivity contribution < 1.29 is 14.7 Å². The van der Waals surface area contributed by atoms with Crippen LogP contribution in [0, 0.1) is 5.41 Å². The molecule has 1 aliphatic carbocycles. The standard InChI is InChI=1S/C22H27N3O3/c26-20(25-13-22(7-9-23-10-8-22)12-19(25)21(27)28)14-5-6-18-16(11-14)15-3-1-2-4-17(15)24-18/h5-6,11,19,23-24H,1-4,7-10,12-13H2,(H,27,28)/t19-/m1/s1. The maximum atomic E-state index is 13.4. The molecule has 0 radical (unpaired) electrons. The molecular formula is C22H27N3O3. The van der Waals surface area contributed by atoms with Crippen LogP contribution in [0.3, 0.4) is 0 Å². The zero-order chi connectivity index (χ0) is 19.3. The van der Waals surface area contributed by atoms with Crippen molar-refractivity contribution in [3.05, 3.63) is 35.0 Å². The van der Waals surface area contributed by atoms with Crippen LogP contribution >= 0.6 is 0 Å². The van der Waals surface area contributed by atoms with E-state index in [0.29, 0.717) is 18.5 Å². The van der Waals surface area contributed by atoms with Gasteiger partial charge in [0.15, 0.2) is 0 Å². The quantitative estimate of drug-likeness (QED) is 0.747. The lowest BCUT2D eigenvalue weighted by molar-refractivity contribution is -0.141. The van der Waals surface area contributed by atoms with Crippen LogP contribution in [0.2, 0.25) is 0 Å². The monoisotopic (exact) mass is 381 g/mol. The number of hydrogen-bond acceptors (Lipinski definition) is 3. The van der Waals surface area contributed by atoms with Gasteiger partial charge in [-0.25, -0.2) is 4.79 Å². The Morgan fingerprint density at radius 2 is 1.93 bits per heavy atom. The third kappa shape index (κ3) is 2.82. The van der Waals surface area contributed by atoms with E-state index >= 15 is 0 Å². The Labute approximate surface area is 164 Å². The molecule has 3 N–H and O–H groups in total. The highest BCUT2D eigenvalue weighted by Gasteiger charge is 2.49. The number of aryl methyl sites for hydroxylation is 2. The summed E-state index contributed by atoms with van der Waals surface area (Å²) in [6, 6.07) is 5.08. The van der Waals surface area contributed by atoms with Crippen LogP contribution in [-0.4, -0.2) is 52.5 Å². The Bertz CT molecular complexity index is 942. The van der Waals surface area contributed by atoms with Crippen LogP contribution in [0.4, 0.5) is 0 Å². The lowest BCUT2D eigenvalue weighted by atomic mass is 9.77. The van der Waals surface area contributed by atoms with Gasteiger partial charge < -0.3 is 20.3 Å². The van der Waals surface area contributed by atoms with Gasteiger partial charge in [-0.2, -0.15) is 0 Å². The van der Waals surface area contributed by atoms with Crippen molar-refractivity contribution in [1.82, 2.24) is 15.2 Å². The number of fused-ring (bicyclic) bond motifs is 3. The first kappa shape index (κ1) is 17.7. The number of nitrogens with one attached hydrogen (secondary N) is 2. The fraction of sp³-hybridized carbons (Fsp3) is 0.545. The van der Waals surface area contributed by atoms with E-state index in [1.165, 1.54) is 24.1 Å². The summed E-state index contributed by atoms with van der Waals surface area (Å²) in [5.74, 6) is -1.03. The summed E-state index contributed by atoms with van der Waals surface area (Å²) >= 11 is 0. The first-order valence-corrected chi connectivity index (χ1v) is 10.4. The Hall–Kier alpha value is -2.34. The number of nitrogens with zero attached hydrogens (tertiary/aromatic N) is 1. The Kier molecular flexibility index (Phi) is 4.19. The number of hydrogen-bond donors (Lipinski definition) is 3. The minimum absolute atomic E-state index is 0.0542. The second-order valence-electron chi connectivity index (χ2n) is 8.79. The van der Waals surface area contributed by atoms with Crippen LogP contribution < -0.4 is 5.32 Å². The average Bonchev–Trinajstić information content (AvgIpc) is 3.26. The largest absolute Gasteiger partial charge is 0.480 e. The maximum Gasteiger partial charge on any atom is 0.326 e. The van der Waals surface area contributed by atoms with Gasteiger partial charge in [0.05, 0.1) is 0 Å². The molecule has 2 aromatic rings. The molecule has 2 fully saturated rings. The van der Waals surface area contributed by atoms with Crippen molar-refractivity contribution in [3.8, 4) is 0 Å². The van der Waals surface area contributed by atoms with Gasteiger partial charge in [0.25, 0.3) is 5.91 Å². The third-order valence-electron chi connectivity index (χ3n) is 7.06. The molecular weight excluding hydrogens is 354 g/mol. The number of carbonyl (C=O) groups excluding carboxylic acids is 1. The highest BCUT2D eigenvalue weighted by atomic mass is 16.4. The SMILES string of the molecule is O=C(O)[C@H]1CC2(CCNCC2)CN1C(=O)c1ccc2[nH]c3c(c2c1)CCCC3. The Morgan fingerprint density at radius 3 is 2.71 bits per heavy atom. The fourth-order valence-corrected chi connectivity index (χ4v) is 5.51. The molecule has 148 valence electrons. The first-order chi connectivity index (χ1) is 13.6. The molecule has 1 amide bonds. The number of rotatable bonds is 2. The summed E-state index contributed by atoms with van der Waals surface area (Å²) in [6.07, 6.45) is 6.94. The number of carboxylic acid groups (broad SMARTS) is 1. The smallest absolute Gasteiger partial charge is 0.326 e. The second kappa shape index (κ2) is 6.62. The predicted octanol–water partition coefficient (Wildman–Crippen LogP) is 2.72. The topological polar surface area (TPSA) is 85.4 Å². The molecule has 2 saturated heterocycles. The number of carbonyl (C=O) groups is 2. The predicted molar refractivity (Wildman–Crippen MR) is 107 cm³/mol. The van der Waals surface area contributed by atoms with Gasteiger partial charge in [-0.3, -0.25) is 4.79 Å². The summed E-state index contributed by atoms with van der Waals surface area (Å²) in [5.41, 5.74) is 4.26. The van der Waals surface area contributed by atoms with Gasteiger partial charge in [-0.1, -0.05) is 0 Å². The lowest BCUT2D eigenvalue weighted by Crippen LogP contribution is -2.41. The molecule has 1 atom stereocenters. The van der Waals surface area contributed by atoms with Crippen LogP contribution in [-0.2, 0) is 17.6 Å². The van der Waals surface area contributed by atoms with Gasteiger partial charge >= 0.3 is 5.97 Å². The molecule has 0 bridgehead atoms. The van der Waals surface area contributed by atoms with Crippen LogP contribution in [0.1, 0.15) is 53.7 Å². The van der Waals surface area contributed by atoms with E-state index in [1.807, 2.05) is 18.2 Å². The van der Waals surface area contributed by atoms with Gasteiger partial charge in [-0.05, 0) is 87.2 Å². The molecule has 5 rings (SSSR count). The minimum Gasteiger partial charge on any atom is -0.480 e. The van der Waals surface area contributed by atoms with Crippen molar-refractivity contribution >= 4 is 22.8 Å². The zero-order valence-corrected chi connectivity index (χ0v) is 16.1. The number of piperidine rings is 1. The molecule has 3 aliphatic rings. The number of aromatic nitrogens is 1. The van der Waals surface area contributed by atoms with Crippen molar-refractivity contribution in [3.63, 3.8) is 0 Å². The average molecular weight is 381 g/mol. The number of aromatic amines is 1. The minimum atomic E-state index is -0.885. The van der Waals surface area contributed by atoms with E-state index in [1.54, 1.807) is 4.90 Å². The number of aliphatic carboxylic acids is 1. The van der Waals surface area contributed by atoms with Crippen LogP contribution in [0.5, 0.6) is 0 Å². The van der Waals surface area contributed by atoms with Crippen LogP contribution in [0.15, 0.2) is 18.2 Å². The number of H-pyrrole nitrogens is 1. The van der Waals surface area contributed by atoms with Crippen molar-refractivity contribution in [1.29, 1.82) is 0 Å². The van der Waals surface area contributed by atoms with E-state index in [4.69, 9.17) is 0 Å². The van der Waals surface area contributed by atoms with Crippen molar-refractivity contribution in [2.24, 2.45) is 5.41 Å². The summed E-state index contributed by atoms with van der Waals surface area (Å²) in [6.45, 7) is 2.35. The molecule has 2 aliphatic heterocycles. The van der Waals surface area contributed by atoms with E-state index in [0.717, 1.165) is 49.7 Å². The summed E-state index contributed by atoms with van der Waals surface area (Å²) in [7, 11) is 0. The summed E-state index contributed by atoms with van der Waals surface area (Å²) in [4.78, 5) is 30.4. The van der Waals surface area contributed by atoms with E-state index in [9.17, 15) is 14.7 Å². The number of amides is 1. The Balaban J connectivity index is 1.48. The molecule has 6 heteroatoms. The summed E-state index contributed by atoms with van der Waals surface area (Å²) in [5, 5.41) is 14.3. The molecule has 3 heterocycles. The van der Waals surface area contributed by atoms with Crippen molar-refractivity contribution in [2.75, 3.05) is 19.6 Å². The van der Waals surface area contributed by atoms with E-state index in [2.05, 4.69) is 10.3 Å². The van der Waals surface area contributed by atoms with Gasteiger partial charge in [0, 0.05) is 28.7 Å². The van der Waals surface area contributed by atoms with Gasteiger partial charge in [0.1, 0.15) is 6.04 Å². The fourth-order valence-electron chi connectivity index (χ4n) is 5.51.